The highest BCUT2D eigenvalue weighted by Crippen LogP contribution is 2.25. The second-order valence-corrected chi connectivity index (χ2v) is 4.53. The SMILES string of the molecule is N#CC1=NNC(Cc2ccccc2)c2ccccc21. The van der Waals surface area contributed by atoms with Crippen LogP contribution in [0.25, 0.3) is 0 Å². The first-order chi connectivity index (χ1) is 9.38. The Kier molecular flexibility index (Phi) is 2.99. The number of nitriles is 1. The number of nitrogens with one attached hydrogen (secondary N) is 1. The summed E-state index contributed by atoms with van der Waals surface area (Å²) in [6, 6.07) is 20.5. The van der Waals surface area contributed by atoms with E-state index in [4.69, 9.17) is 5.26 Å². The summed E-state index contributed by atoms with van der Waals surface area (Å²) in [5.41, 5.74) is 6.88. The van der Waals surface area contributed by atoms with Crippen molar-refractivity contribution in [3.8, 4) is 6.07 Å². The zero-order valence-electron chi connectivity index (χ0n) is 10.4. The van der Waals surface area contributed by atoms with Gasteiger partial charge in [-0.3, -0.25) is 0 Å². The molecule has 0 aromatic heterocycles. The Labute approximate surface area is 112 Å². The molecule has 2 aromatic rings. The largest absolute Gasteiger partial charge is 0.301 e. The van der Waals surface area contributed by atoms with E-state index in [1.807, 2.05) is 36.4 Å². The molecule has 3 nitrogen and oxygen atoms in total. The Hall–Kier alpha value is -2.60. The average Bonchev–Trinajstić information content (AvgIpc) is 2.49. The lowest BCUT2D eigenvalue weighted by Crippen LogP contribution is -2.27. The second kappa shape index (κ2) is 4.95. The predicted molar refractivity (Wildman–Crippen MR) is 74.6 cm³/mol. The molecule has 1 heterocycles. The lowest BCUT2D eigenvalue weighted by Gasteiger charge is -2.24. The van der Waals surface area contributed by atoms with Gasteiger partial charge >= 0.3 is 0 Å². The van der Waals surface area contributed by atoms with Crippen molar-refractivity contribution in [1.29, 1.82) is 5.26 Å². The lowest BCUT2D eigenvalue weighted by molar-refractivity contribution is 0.546. The van der Waals surface area contributed by atoms with Gasteiger partial charge in [-0.05, 0) is 17.5 Å². The monoisotopic (exact) mass is 247 g/mol. The lowest BCUT2D eigenvalue weighted by atomic mass is 9.92. The van der Waals surface area contributed by atoms with E-state index in [1.165, 1.54) is 5.56 Å². The second-order valence-electron chi connectivity index (χ2n) is 4.53. The van der Waals surface area contributed by atoms with E-state index in [9.17, 15) is 0 Å². The molecule has 2 aromatic carbocycles. The van der Waals surface area contributed by atoms with Gasteiger partial charge in [-0.15, -0.1) is 0 Å². The zero-order valence-corrected chi connectivity index (χ0v) is 10.4. The molecule has 1 N–H and O–H groups in total. The van der Waals surface area contributed by atoms with Crippen LogP contribution in [0.4, 0.5) is 0 Å². The molecule has 3 rings (SSSR count). The number of fused-ring (bicyclic) bond motifs is 1. The molecule has 0 saturated heterocycles. The zero-order chi connectivity index (χ0) is 13.1. The number of benzene rings is 2. The summed E-state index contributed by atoms with van der Waals surface area (Å²) in [5, 5.41) is 13.3. The predicted octanol–water partition coefficient (Wildman–Crippen LogP) is 2.80. The standard InChI is InChI=1S/C16H13N3/c17-11-16-14-9-5-4-8-13(14)15(18-19-16)10-12-6-2-1-3-7-12/h1-9,15,18H,10H2. The van der Waals surface area contributed by atoms with Crippen molar-refractivity contribution < 1.29 is 0 Å². The summed E-state index contributed by atoms with van der Waals surface area (Å²) >= 11 is 0. The Morgan fingerprint density at radius 2 is 1.79 bits per heavy atom. The number of rotatable bonds is 2. The van der Waals surface area contributed by atoms with E-state index < -0.39 is 0 Å². The molecule has 0 bridgehead atoms. The van der Waals surface area contributed by atoms with Gasteiger partial charge in [0.25, 0.3) is 0 Å². The van der Waals surface area contributed by atoms with Crippen LogP contribution in [-0.4, -0.2) is 5.71 Å². The average molecular weight is 247 g/mol. The third-order valence-corrected chi connectivity index (χ3v) is 3.31. The molecule has 0 aliphatic carbocycles. The molecule has 0 radical (unpaired) electrons. The molecule has 1 atom stereocenters. The van der Waals surface area contributed by atoms with Crippen LogP contribution in [0.15, 0.2) is 59.7 Å². The number of hydrogen-bond acceptors (Lipinski definition) is 3. The maximum absolute atomic E-state index is 9.09. The van der Waals surface area contributed by atoms with E-state index in [-0.39, 0.29) is 6.04 Å². The first-order valence-corrected chi connectivity index (χ1v) is 6.25. The minimum atomic E-state index is 0.121. The van der Waals surface area contributed by atoms with Crippen LogP contribution in [-0.2, 0) is 6.42 Å². The summed E-state index contributed by atoms with van der Waals surface area (Å²) in [6.07, 6.45) is 0.861. The van der Waals surface area contributed by atoms with Crippen LogP contribution in [0, 0.1) is 11.3 Å². The summed E-state index contributed by atoms with van der Waals surface area (Å²) < 4.78 is 0. The van der Waals surface area contributed by atoms with Crippen LogP contribution in [0.2, 0.25) is 0 Å². The van der Waals surface area contributed by atoms with E-state index in [2.05, 4.69) is 34.8 Å². The van der Waals surface area contributed by atoms with Gasteiger partial charge in [-0.1, -0.05) is 54.6 Å². The smallest absolute Gasteiger partial charge is 0.167 e. The van der Waals surface area contributed by atoms with Crippen molar-refractivity contribution in [2.24, 2.45) is 5.10 Å². The van der Waals surface area contributed by atoms with Gasteiger partial charge in [0.15, 0.2) is 5.71 Å². The van der Waals surface area contributed by atoms with Crippen molar-refractivity contribution in [2.45, 2.75) is 12.5 Å². The fourth-order valence-corrected chi connectivity index (χ4v) is 2.38. The normalized spacial score (nSPS) is 16.8. The first-order valence-electron chi connectivity index (χ1n) is 6.25. The minimum absolute atomic E-state index is 0.121. The van der Waals surface area contributed by atoms with Gasteiger partial charge in [-0.2, -0.15) is 10.4 Å². The first kappa shape index (κ1) is 11.5. The minimum Gasteiger partial charge on any atom is -0.301 e. The molecule has 0 saturated carbocycles. The Balaban J connectivity index is 1.94. The molecule has 0 spiro atoms. The quantitative estimate of drug-likeness (QED) is 0.887. The number of hydrogen-bond donors (Lipinski definition) is 1. The van der Waals surface area contributed by atoms with Crippen LogP contribution in [0.3, 0.4) is 0 Å². The van der Waals surface area contributed by atoms with Gasteiger partial charge in [0.1, 0.15) is 6.07 Å². The van der Waals surface area contributed by atoms with Crippen molar-refractivity contribution in [1.82, 2.24) is 5.43 Å². The van der Waals surface area contributed by atoms with Crippen molar-refractivity contribution in [3.05, 3.63) is 71.3 Å². The molecule has 3 heteroatoms. The molecular weight excluding hydrogens is 234 g/mol. The van der Waals surface area contributed by atoms with E-state index in [1.54, 1.807) is 0 Å². The molecule has 1 aliphatic heterocycles. The van der Waals surface area contributed by atoms with Gasteiger partial charge in [0.05, 0.1) is 6.04 Å². The third-order valence-electron chi connectivity index (χ3n) is 3.31. The fourth-order valence-electron chi connectivity index (χ4n) is 2.38. The highest BCUT2D eigenvalue weighted by Gasteiger charge is 2.22. The maximum Gasteiger partial charge on any atom is 0.167 e. The van der Waals surface area contributed by atoms with Gasteiger partial charge in [0.2, 0.25) is 0 Å². The summed E-state index contributed by atoms with van der Waals surface area (Å²) in [7, 11) is 0. The summed E-state index contributed by atoms with van der Waals surface area (Å²) in [4.78, 5) is 0. The highest BCUT2D eigenvalue weighted by atomic mass is 15.3. The molecule has 92 valence electrons. The topological polar surface area (TPSA) is 48.2 Å². The molecule has 0 amide bonds. The Bertz CT molecular complexity index is 653. The van der Waals surface area contributed by atoms with Crippen LogP contribution in [0.1, 0.15) is 22.7 Å². The van der Waals surface area contributed by atoms with Crippen molar-refractivity contribution in [2.75, 3.05) is 0 Å². The summed E-state index contributed by atoms with van der Waals surface area (Å²) in [5.74, 6) is 0. The molecule has 19 heavy (non-hydrogen) atoms. The van der Waals surface area contributed by atoms with Crippen molar-refractivity contribution >= 4 is 5.71 Å². The fraction of sp³-hybridized carbons (Fsp3) is 0.125. The maximum atomic E-state index is 9.09. The van der Waals surface area contributed by atoms with Gasteiger partial charge in [0, 0.05) is 5.56 Å². The number of hydrazone groups is 1. The summed E-state index contributed by atoms with van der Waals surface area (Å²) in [6.45, 7) is 0. The highest BCUT2D eigenvalue weighted by molar-refractivity contribution is 6.12. The van der Waals surface area contributed by atoms with Crippen molar-refractivity contribution in [3.63, 3.8) is 0 Å². The Morgan fingerprint density at radius 3 is 2.58 bits per heavy atom. The molecular formula is C16H13N3. The van der Waals surface area contributed by atoms with E-state index in [0.29, 0.717) is 5.71 Å². The third kappa shape index (κ3) is 2.21. The van der Waals surface area contributed by atoms with E-state index >= 15 is 0 Å². The van der Waals surface area contributed by atoms with Crippen LogP contribution in [0.5, 0.6) is 0 Å². The number of nitrogens with zero attached hydrogens (tertiary/aromatic N) is 2. The molecule has 0 fully saturated rings. The van der Waals surface area contributed by atoms with Gasteiger partial charge in [-0.25, -0.2) is 0 Å². The Morgan fingerprint density at radius 1 is 1.05 bits per heavy atom. The van der Waals surface area contributed by atoms with Crippen LogP contribution < -0.4 is 5.43 Å². The molecule has 1 aliphatic rings. The van der Waals surface area contributed by atoms with Gasteiger partial charge < -0.3 is 5.43 Å². The van der Waals surface area contributed by atoms with E-state index in [0.717, 1.165) is 17.5 Å². The van der Waals surface area contributed by atoms with Crippen LogP contribution >= 0.6 is 0 Å². The molecule has 1 unspecified atom stereocenters.